The van der Waals surface area contributed by atoms with Crippen molar-refractivity contribution in [1.29, 1.82) is 0 Å². The van der Waals surface area contributed by atoms with E-state index < -0.39 is 39.9 Å². The van der Waals surface area contributed by atoms with Gasteiger partial charge >= 0.3 is 12.3 Å². The molecule has 7 nitrogen and oxygen atoms in total. The van der Waals surface area contributed by atoms with Crippen molar-refractivity contribution in [3.05, 3.63) is 35.4 Å². The maximum Gasteiger partial charge on any atom is 0.416 e. The van der Waals surface area contributed by atoms with Crippen molar-refractivity contribution < 1.29 is 36.2 Å². The van der Waals surface area contributed by atoms with Gasteiger partial charge in [0.2, 0.25) is 10.0 Å². The minimum atomic E-state index is -4.40. The summed E-state index contributed by atoms with van der Waals surface area (Å²) >= 11 is 0. The van der Waals surface area contributed by atoms with Crippen LogP contribution >= 0.6 is 0 Å². The molecule has 2 atom stereocenters. The third-order valence-corrected chi connectivity index (χ3v) is 7.00. The molecule has 0 aromatic heterocycles. The Morgan fingerprint density at radius 2 is 1.84 bits per heavy atom. The number of likely N-dealkylation sites (tertiary alicyclic amines) is 1. The molecule has 2 fully saturated rings. The van der Waals surface area contributed by atoms with Crippen LogP contribution in [0.1, 0.15) is 55.6 Å². The smallest absolute Gasteiger partial charge is 0.416 e. The molecule has 1 aliphatic carbocycles. The van der Waals surface area contributed by atoms with E-state index >= 15 is 0 Å². The van der Waals surface area contributed by atoms with Gasteiger partial charge in [0.15, 0.2) is 0 Å². The number of ether oxygens (including phenoxy) is 1. The lowest BCUT2D eigenvalue weighted by Crippen LogP contribution is -2.58. The molecule has 1 saturated carbocycles. The zero-order valence-corrected chi connectivity index (χ0v) is 18.7. The Bertz CT molecular complexity index is 901. The van der Waals surface area contributed by atoms with Crippen molar-refractivity contribution >= 4 is 16.1 Å². The first kappa shape index (κ1) is 24.8. The van der Waals surface area contributed by atoms with Crippen molar-refractivity contribution in [3.8, 4) is 0 Å². The number of rotatable bonds is 6. The van der Waals surface area contributed by atoms with Crippen LogP contribution in [0.5, 0.6) is 0 Å². The van der Waals surface area contributed by atoms with Crippen LogP contribution in [-0.4, -0.2) is 62.1 Å². The second-order valence-corrected chi connectivity index (χ2v) is 10.4. The molecule has 1 amide bonds. The summed E-state index contributed by atoms with van der Waals surface area (Å²) in [6, 6.07) is 4.41. The molecule has 2 N–H and O–H groups in total. The molecule has 0 radical (unpaired) electrons. The van der Waals surface area contributed by atoms with Gasteiger partial charge < -0.3 is 14.7 Å². The van der Waals surface area contributed by atoms with Crippen LogP contribution in [-0.2, 0) is 20.9 Å². The maximum absolute atomic E-state index is 13.3. The van der Waals surface area contributed by atoms with Gasteiger partial charge in [0.1, 0.15) is 0 Å². The summed E-state index contributed by atoms with van der Waals surface area (Å²) < 4.78 is 71.9. The molecule has 1 aromatic rings. The first-order chi connectivity index (χ1) is 15.0. The van der Waals surface area contributed by atoms with Crippen molar-refractivity contribution in [2.24, 2.45) is 0 Å². The zero-order chi connectivity index (χ0) is 23.5. The number of benzene rings is 1. The molecule has 0 bridgehead atoms. The number of hydrogen-bond donors (Lipinski definition) is 2. The fraction of sp³-hybridized carbons (Fsp3) is 0.667. The minimum Gasteiger partial charge on any atom is -0.465 e. The molecular weight excluding hydrogens is 449 g/mol. The largest absolute Gasteiger partial charge is 0.465 e. The van der Waals surface area contributed by atoms with Crippen LogP contribution in [0.15, 0.2) is 24.3 Å². The lowest BCUT2D eigenvalue weighted by atomic mass is 9.81. The molecular formula is C21H29F3N2O5S. The third-order valence-electron chi connectivity index (χ3n) is 6.27. The lowest BCUT2D eigenvalue weighted by molar-refractivity contribution is -0.138. The van der Waals surface area contributed by atoms with Gasteiger partial charge in [0, 0.05) is 12.6 Å². The number of amides is 1. The molecule has 1 saturated heterocycles. The maximum atomic E-state index is 13.3. The number of carboxylic acid groups (broad SMARTS) is 1. The van der Waals surface area contributed by atoms with Gasteiger partial charge in [-0.25, -0.2) is 17.9 Å². The average Bonchev–Trinajstić information content (AvgIpc) is 2.71. The highest BCUT2D eigenvalue weighted by molar-refractivity contribution is 7.88. The number of nitrogens with one attached hydrogen (secondary N) is 1. The standard InChI is InChI=1S/C21H29F3N2O5S/c1-32(29,30)25-18-7-4-12-26(20(27)28)19(18)13-31-15-10-8-14(9-11-15)16-5-2-3-6-17(16)21(22,23)24/h2-3,5-6,14-15,18-19,25H,4,7-13H2,1H3,(H,27,28)/t14?,15?,18-,19-/m0/s1. The SMILES string of the molecule is CS(=O)(=O)N[C@H]1CCCN(C(=O)O)[C@H]1COC1CCC(c2ccccc2C(F)(F)F)CC1. The average molecular weight is 479 g/mol. The van der Waals surface area contributed by atoms with Gasteiger partial charge in [-0.05, 0) is 56.1 Å². The minimum absolute atomic E-state index is 0.0357. The second kappa shape index (κ2) is 9.96. The summed E-state index contributed by atoms with van der Waals surface area (Å²) in [7, 11) is -3.52. The highest BCUT2D eigenvalue weighted by atomic mass is 32.2. The summed E-state index contributed by atoms with van der Waals surface area (Å²) in [5, 5.41) is 9.52. The first-order valence-electron chi connectivity index (χ1n) is 10.7. The van der Waals surface area contributed by atoms with Gasteiger partial charge in [0.05, 0.1) is 30.6 Å². The number of sulfonamides is 1. The summed E-state index contributed by atoms with van der Waals surface area (Å²) in [5.74, 6) is -0.211. The number of halogens is 3. The molecule has 11 heteroatoms. The summed E-state index contributed by atoms with van der Waals surface area (Å²) in [4.78, 5) is 12.8. The Hall–Kier alpha value is -1.85. The van der Waals surface area contributed by atoms with E-state index in [1.165, 1.54) is 17.0 Å². The number of nitrogens with zero attached hydrogens (tertiary/aromatic N) is 1. The van der Waals surface area contributed by atoms with Crippen molar-refractivity contribution in [1.82, 2.24) is 9.62 Å². The Morgan fingerprint density at radius 3 is 2.44 bits per heavy atom. The van der Waals surface area contributed by atoms with Gasteiger partial charge in [-0.15, -0.1) is 0 Å². The first-order valence-corrected chi connectivity index (χ1v) is 12.6. The molecule has 180 valence electrons. The monoisotopic (exact) mass is 478 g/mol. The Morgan fingerprint density at radius 1 is 1.19 bits per heavy atom. The molecule has 2 aliphatic rings. The topological polar surface area (TPSA) is 95.9 Å². The molecule has 0 spiro atoms. The summed E-state index contributed by atoms with van der Waals surface area (Å²) in [5.41, 5.74) is -0.293. The third kappa shape index (κ3) is 6.35. The Labute approximate surface area is 186 Å². The second-order valence-electron chi connectivity index (χ2n) is 8.57. The number of hydrogen-bond acceptors (Lipinski definition) is 4. The van der Waals surface area contributed by atoms with Gasteiger partial charge in [-0.3, -0.25) is 0 Å². The van der Waals surface area contributed by atoms with Crippen LogP contribution in [0, 0.1) is 0 Å². The lowest BCUT2D eigenvalue weighted by Gasteiger charge is -2.40. The predicted molar refractivity (Wildman–Crippen MR) is 112 cm³/mol. The van der Waals surface area contributed by atoms with Crippen LogP contribution in [0.4, 0.5) is 18.0 Å². The normalized spacial score (nSPS) is 27.3. The van der Waals surface area contributed by atoms with Crippen LogP contribution in [0.3, 0.4) is 0 Å². The fourth-order valence-corrected chi connectivity index (χ4v) is 5.62. The van der Waals surface area contributed by atoms with Crippen LogP contribution in [0.2, 0.25) is 0 Å². The van der Waals surface area contributed by atoms with Crippen molar-refractivity contribution in [3.63, 3.8) is 0 Å². The highest BCUT2D eigenvalue weighted by Crippen LogP contribution is 2.41. The molecule has 3 rings (SSSR count). The zero-order valence-electron chi connectivity index (χ0n) is 17.8. The number of piperidine rings is 1. The number of carbonyl (C=O) groups is 1. The van der Waals surface area contributed by atoms with E-state index in [0.29, 0.717) is 50.6 Å². The van der Waals surface area contributed by atoms with Crippen LogP contribution < -0.4 is 4.72 Å². The van der Waals surface area contributed by atoms with E-state index in [9.17, 15) is 31.5 Å². The van der Waals surface area contributed by atoms with E-state index in [4.69, 9.17) is 4.74 Å². The molecule has 32 heavy (non-hydrogen) atoms. The van der Waals surface area contributed by atoms with E-state index in [1.807, 2.05) is 0 Å². The van der Waals surface area contributed by atoms with E-state index in [2.05, 4.69) is 4.72 Å². The predicted octanol–water partition coefficient (Wildman–Crippen LogP) is 3.81. The van der Waals surface area contributed by atoms with Crippen molar-refractivity contribution in [2.45, 2.75) is 68.8 Å². The molecule has 1 aromatic carbocycles. The van der Waals surface area contributed by atoms with E-state index in [0.717, 1.165) is 12.3 Å². The Kier molecular flexibility index (Phi) is 7.72. The highest BCUT2D eigenvalue weighted by Gasteiger charge is 2.38. The summed E-state index contributed by atoms with van der Waals surface area (Å²) in [6.45, 7) is 0.334. The van der Waals surface area contributed by atoms with Gasteiger partial charge in [-0.2, -0.15) is 13.2 Å². The van der Waals surface area contributed by atoms with Crippen LogP contribution in [0.25, 0.3) is 0 Å². The van der Waals surface area contributed by atoms with Gasteiger partial charge in [0.25, 0.3) is 0 Å². The van der Waals surface area contributed by atoms with E-state index in [1.54, 1.807) is 6.07 Å². The number of alkyl halides is 3. The van der Waals surface area contributed by atoms with Gasteiger partial charge in [-0.1, -0.05) is 18.2 Å². The quantitative estimate of drug-likeness (QED) is 0.648. The molecule has 1 aliphatic heterocycles. The fourth-order valence-electron chi connectivity index (χ4n) is 4.80. The van der Waals surface area contributed by atoms with E-state index in [-0.39, 0.29) is 18.6 Å². The molecule has 1 heterocycles. The summed E-state index contributed by atoms with van der Waals surface area (Å²) in [6.07, 6.45) is -1.47. The molecule has 0 unspecified atom stereocenters. The van der Waals surface area contributed by atoms with Crippen molar-refractivity contribution in [2.75, 3.05) is 19.4 Å². The Balaban J connectivity index is 1.61.